The lowest BCUT2D eigenvalue weighted by Crippen LogP contribution is -2.13. The van der Waals surface area contributed by atoms with Crippen molar-refractivity contribution in [2.24, 2.45) is 0 Å². The fourth-order valence-electron chi connectivity index (χ4n) is 2.10. The van der Waals surface area contributed by atoms with E-state index in [-0.39, 0.29) is 11.7 Å². The van der Waals surface area contributed by atoms with E-state index in [1.165, 1.54) is 11.8 Å². The number of nitrogens with zero attached hydrogens (tertiary/aromatic N) is 2. The summed E-state index contributed by atoms with van der Waals surface area (Å²) < 4.78 is 12.0. The van der Waals surface area contributed by atoms with Gasteiger partial charge in [0.2, 0.25) is 11.8 Å². The van der Waals surface area contributed by atoms with Gasteiger partial charge in [0, 0.05) is 15.7 Å². The zero-order valence-electron chi connectivity index (χ0n) is 13.9. The van der Waals surface area contributed by atoms with Gasteiger partial charge in [0.25, 0.3) is 5.22 Å². The van der Waals surface area contributed by atoms with Gasteiger partial charge in [0.15, 0.2) is 0 Å². The van der Waals surface area contributed by atoms with Crippen LogP contribution in [0.4, 0.5) is 5.69 Å². The first-order valence-electron chi connectivity index (χ1n) is 7.89. The summed E-state index contributed by atoms with van der Waals surface area (Å²) in [5.41, 5.74) is 1.53. The van der Waals surface area contributed by atoms with Gasteiger partial charge < -0.3 is 14.5 Å². The topological polar surface area (TPSA) is 77.2 Å². The van der Waals surface area contributed by atoms with Crippen molar-refractivity contribution in [2.45, 2.75) is 12.1 Å². The van der Waals surface area contributed by atoms with Crippen LogP contribution in [0.2, 0.25) is 0 Å². The molecule has 0 bridgehead atoms. The lowest BCUT2D eigenvalue weighted by molar-refractivity contribution is -0.113. The molecule has 1 aromatic heterocycles. The molecule has 3 aromatic rings. The second-order valence-electron chi connectivity index (χ2n) is 5.17. The molecule has 0 fully saturated rings. The molecule has 1 N–H and O–H groups in total. The molecule has 0 spiro atoms. The van der Waals surface area contributed by atoms with E-state index in [1.807, 2.05) is 55.5 Å². The Morgan fingerprint density at radius 2 is 1.88 bits per heavy atom. The smallest absolute Gasteiger partial charge is 0.277 e. The third kappa shape index (κ3) is 5.09. The molecule has 0 aliphatic carbocycles. The minimum absolute atomic E-state index is 0.141. The normalized spacial score (nSPS) is 10.5. The highest BCUT2D eigenvalue weighted by Gasteiger charge is 2.11. The van der Waals surface area contributed by atoms with E-state index in [1.54, 1.807) is 0 Å². The number of thioether (sulfide) groups is 1. The molecule has 0 aliphatic rings. The molecule has 0 atom stereocenters. The molecular formula is C18H16BrN3O3S. The Bertz CT molecular complexity index is 866. The number of carbonyl (C=O) groups excluding carboxylic acids is 1. The Morgan fingerprint density at radius 3 is 2.58 bits per heavy atom. The highest BCUT2D eigenvalue weighted by molar-refractivity contribution is 9.10. The molecule has 0 saturated carbocycles. The molecule has 134 valence electrons. The predicted molar refractivity (Wildman–Crippen MR) is 104 cm³/mol. The summed E-state index contributed by atoms with van der Waals surface area (Å²) in [6.07, 6.45) is 0. The summed E-state index contributed by atoms with van der Waals surface area (Å²) in [4.78, 5) is 12.0. The van der Waals surface area contributed by atoms with Crippen molar-refractivity contribution < 1.29 is 13.9 Å². The number of aromatic nitrogens is 2. The summed E-state index contributed by atoms with van der Waals surface area (Å²) >= 11 is 4.55. The third-order valence-corrected chi connectivity index (χ3v) is 4.62. The van der Waals surface area contributed by atoms with Gasteiger partial charge in [0.05, 0.1) is 12.4 Å². The summed E-state index contributed by atoms with van der Waals surface area (Å²) in [7, 11) is 0. The van der Waals surface area contributed by atoms with Crippen LogP contribution in [0.1, 0.15) is 6.92 Å². The van der Waals surface area contributed by atoms with Gasteiger partial charge in [-0.3, -0.25) is 4.79 Å². The van der Waals surface area contributed by atoms with Crippen LogP contribution in [0.25, 0.3) is 11.5 Å². The van der Waals surface area contributed by atoms with Crippen molar-refractivity contribution >= 4 is 39.3 Å². The number of hydrogen-bond acceptors (Lipinski definition) is 6. The van der Waals surface area contributed by atoms with E-state index in [9.17, 15) is 4.79 Å². The van der Waals surface area contributed by atoms with Crippen molar-refractivity contribution in [3.63, 3.8) is 0 Å². The van der Waals surface area contributed by atoms with Crippen molar-refractivity contribution in [2.75, 3.05) is 17.7 Å². The monoisotopic (exact) mass is 433 g/mol. The lowest BCUT2D eigenvalue weighted by atomic mass is 10.2. The van der Waals surface area contributed by atoms with Crippen LogP contribution in [-0.2, 0) is 4.79 Å². The number of rotatable bonds is 7. The zero-order chi connectivity index (χ0) is 18.4. The van der Waals surface area contributed by atoms with Gasteiger partial charge in [-0.05, 0) is 55.5 Å². The Balaban J connectivity index is 1.54. The third-order valence-electron chi connectivity index (χ3n) is 3.27. The summed E-state index contributed by atoms with van der Waals surface area (Å²) in [6.45, 7) is 2.55. The number of carbonyl (C=O) groups is 1. The van der Waals surface area contributed by atoms with E-state index in [0.717, 1.165) is 21.5 Å². The van der Waals surface area contributed by atoms with Crippen molar-refractivity contribution in [3.8, 4) is 17.2 Å². The van der Waals surface area contributed by atoms with E-state index in [2.05, 4.69) is 31.4 Å². The minimum atomic E-state index is -0.141. The second-order valence-corrected chi connectivity index (χ2v) is 7.02. The SMILES string of the molecule is CCOc1ccc(-c2nnc(SCC(=O)Nc3ccc(Br)cc3)o2)cc1. The Morgan fingerprint density at radius 1 is 1.15 bits per heavy atom. The number of halogens is 1. The molecule has 8 heteroatoms. The van der Waals surface area contributed by atoms with Gasteiger partial charge in [-0.1, -0.05) is 27.7 Å². The maximum atomic E-state index is 12.0. The number of anilines is 1. The highest BCUT2D eigenvalue weighted by Crippen LogP contribution is 2.25. The quantitative estimate of drug-likeness (QED) is 0.547. The largest absolute Gasteiger partial charge is 0.494 e. The maximum Gasteiger partial charge on any atom is 0.277 e. The van der Waals surface area contributed by atoms with E-state index < -0.39 is 0 Å². The van der Waals surface area contributed by atoms with Crippen LogP contribution in [0, 0.1) is 0 Å². The van der Waals surface area contributed by atoms with Crippen LogP contribution in [0.5, 0.6) is 5.75 Å². The minimum Gasteiger partial charge on any atom is -0.494 e. The second kappa shape index (κ2) is 8.86. The first kappa shape index (κ1) is 18.5. The van der Waals surface area contributed by atoms with Crippen LogP contribution in [0.3, 0.4) is 0 Å². The average molecular weight is 434 g/mol. The number of nitrogens with one attached hydrogen (secondary N) is 1. The summed E-state index contributed by atoms with van der Waals surface area (Å²) in [5.74, 6) is 1.23. The fourth-order valence-corrected chi connectivity index (χ4v) is 2.93. The molecular weight excluding hydrogens is 418 g/mol. The van der Waals surface area contributed by atoms with Gasteiger partial charge >= 0.3 is 0 Å². The van der Waals surface area contributed by atoms with Crippen molar-refractivity contribution in [1.82, 2.24) is 10.2 Å². The van der Waals surface area contributed by atoms with Crippen LogP contribution in [0.15, 0.2) is 62.6 Å². The molecule has 0 aliphatic heterocycles. The number of benzene rings is 2. The van der Waals surface area contributed by atoms with E-state index in [4.69, 9.17) is 9.15 Å². The average Bonchev–Trinajstić information content (AvgIpc) is 3.12. The van der Waals surface area contributed by atoms with Crippen LogP contribution in [-0.4, -0.2) is 28.5 Å². The molecule has 0 unspecified atom stereocenters. The number of hydrogen-bond donors (Lipinski definition) is 1. The van der Waals surface area contributed by atoms with Crippen LogP contribution >= 0.6 is 27.7 Å². The molecule has 0 radical (unpaired) electrons. The maximum absolute atomic E-state index is 12.0. The van der Waals surface area contributed by atoms with E-state index >= 15 is 0 Å². The Kier molecular flexibility index (Phi) is 6.30. The van der Waals surface area contributed by atoms with Crippen LogP contribution < -0.4 is 10.1 Å². The van der Waals surface area contributed by atoms with Gasteiger partial charge in [-0.25, -0.2) is 0 Å². The molecule has 2 aromatic carbocycles. The predicted octanol–water partition coefficient (Wildman–Crippen LogP) is 4.63. The molecule has 1 amide bonds. The lowest BCUT2D eigenvalue weighted by Gasteiger charge is -2.03. The Labute approximate surface area is 163 Å². The molecule has 3 rings (SSSR count). The standard InChI is InChI=1S/C18H16BrN3O3S/c1-2-24-15-9-3-12(4-10-15)17-21-22-18(25-17)26-11-16(23)20-14-7-5-13(19)6-8-14/h3-10H,2,11H2,1H3,(H,20,23). The van der Waals surface area contributed by atoms with Crippen molar-refractivity contribution in [3.05, 3.63) is 53.0 Å². The van der Waals surface area contributed by atoms with Gasteiger partial charge in [-0.15, -0.1) is 10.2 Å². The first-order valence-corrected chi connectivity index (χ1v) is 9.67. The number of ether oxygens (including phenoxy) is 1. The van der Waals surface area contributed by atoms with E-state index in [0.29, 0.717) is 17.7 Å². The fraction of sp³-hybridized carbons (Fsp3) is 0.167. The van der Waals surface area contributed by atoms with Gasteiger partial charge in [0.1, 0.15) is 5.75 Å². The molecule has 1 heterocycles. The number of amides is 1. The first-order chi connectivity index (χ1) is 12.6. The summed E-state index contributed by atoms with van der Waals surface area (Å²) in [5, 5.41) is 11.1. The summed E-state index contributed by atoms with van der Waals surface area (Å²) in [6, 6.07) is 14.8. The molecule has 6 nitrogen and oxygen atoms in total. The van der Waals surface area contributed by atoms with Gasteiger partial charge in [-0.2, -0.15) is 0 Å². The highest BCUT2D eigenvalue weighted by atomic mass is 79.9. The van der Waals surface area contributed by atoms with Crippen molar-refractivity contribution in [1.29, 1.82) is 0 Å². The molecule has 26 heavy (non-hydrogen) atoms. The zero-order valence-corrected chi connectivity index (χ0v) is 16.3. The Hall–Kier alpha value is -2.32. The molecule has 0 saturated heterocycles.